The third-order valence-corrected chi connectivity index (χ3v) is 12.6. The Kier molecular flexibility index (Phi) is 47.2. The average Bonchev–Trinajstić information content (AvgIpc) is 3.25. The molecule has 0 radical (unpaired) electrons. The maximum absolute atomic E-state index is 12.6. The van der Waals surface area contributed by atoms with E-state index in [1.165, 1.54) is 193 Å². The van der Waals surface area contributed by atoms with Crippen LogP contribution in [-0.2, 0) is 32.7 Å². The zero-order chi connectivity index (χ0) is 44.6. The number of rotatable bonds is 50. The van der Waals surface area contributed by atoms with E-state index in [2.05, 4.69) is 26.0 Å². The first-order valence-corrected chi connectivity index (χ1v) is 27.7. The average molecular weight is 886 g/mol. The van der Waals surface area contributed by atoms with E-state index < -0.39 is 26.5 Å². The monoisotopic (exact) mass is 886 g/mol. The quantitative estimate of drug-likeness (QED) is 0.0265. The standard InChI is InChI=1S/C51H100NO8P/c1-3-5-7-9-11-13-15-17-19-21-22-23-24-25-26-28-29-31-33-35-37-39-41-43-50(53)57-47-49(48-59-61(55,56)58-46-45-52)60-51(54)44-42-40-38-36-34-32-30-27-20-18-16-14-12-10-8-6-4-2/h18,20,49H,3-17,19,21-48,52H2,1-2H3,(H,55,56)/b20-18+/t49-/m0/s1. The molecule has 0 aromatic carbocycles. The number of nitrogens with two attached hydrogens (primary N) is 1. The molecule has 0 aliphatic carbocycles. The molecule has 3 N–H and O–H groups in total. The van der Waals surface area contributed by atoms with Gasteiger partial charge in [0.1, 0.15) is 6.61 Å². The van der Waals surface area contributed by atoms with E-state index in [1.54, 1.807) is 0 Å². The van der Waals surface area contributed by atoms with Crippen molar-refractivity contribution in [1.29, 1.82) is 0 Å². The fraction of sp³-hybridized carbons (Fsp3) is 0.922. The summed E-state index contributed by atoms with van der Waals surface area (Å²) in [5.41, 5.74) is 5.37. The molecular weight excluding hydrogens is 786 g/mol. The maximum atomic E-state index is 12.6. The predicted octanol–water partition coefficient (Wildman–Crippen LogP) is 15.7. The van der Waals surface area contributed by atoms with Gasteiger partial charge in [0.2, 0.25) is 0 Å². The SMILES string of the molecule is CCCCCCCC/C=C/CCCCCCCCCC(=O)O[C@@H](COC(=O)CCCCCCCCCCCCCCCCCCCCCCCCC)COP(=O)(O)OCCN. The molecule has 0 bridgehead atoms. The summed E-state index contributed by atoms with van der Waals surface area (Å²) in [5.74, 6) is -0.817. The Balaban J connectivity index is 3.97. The summed E-state index contributed by atoms with van der Waals surface area (Å²) in [7, 11) is -4.38. The highest BCUT2D eigenvalue weighted by molar-refractivity contribution is 7.47. The van der Waals surface area contributed by atoms with Gasteiger partial charge in [0.05, 0.1) is 13.2 Å². The van der Waals surface area contributed by atoms with E-state index in [0.717, 1.165) is 44.9 Å². The Hall–Kier alpha value is -1.25. The topological polar surface area (TPSA) is 134 Å². The molecule has 10 heteroatoms. The molecule has 0 heterocycles. The minimum atomic E-state index is -4.38. The third kappa shape index (κ3) is 48.1. The summed E-state index contributed by atoms with van der Waals surface area (Å²) >= 11 is 0. The molecule has 0 aliphatic heterocycles. The summed E-state index contributed by atoms with van der Waals surface area (Å²) in [6, 6.07) is 0. The van der Waals surface area contributed by atoms with Crippen LogP contribution in [0.3, 0.4) is 0 Å². The van der Waals surface area contributed by atoms with Gasteiger partial charge in [-0.15, -0.1) is 0 Å². The second-order valence-corrected chi connectivity index (χ2v) is 19.2. The third-order valence-electron chi connectivity index (χ3n) is 11.7. The molecule has 1 unspecified atom stereocenters. The lowest BCUT2D eigenvalue weighted by molar-refractivity contribution is -0.161. The van der Waals surface area contributed by atoms with Crippen molar-refractivity contribution in [2.24, 2.45) is 5.73 Å². The minimum absolute atomic E-state index is 0.0558. The normalized spacial score (nSPS) is 13.2. The Bertz CT molecular complexity index is 1010. The first-order valence-electron chi connectivity index (χ1n) is 26.2. The van der Waals surface area contributed by atoms with Crippen LogP contribution in [-0.4, -0.2) is 49.3 Å². The number of hydrogen-bond acceptors (Lipinski definition) is 8. The second-order valence-electron chi connectivity index (χ2n) is 17.8. The van der Waals surface area contributed by atoms with Gasteiger partial charge in [0, 0.05) is 19.4 Å². The smallest absolute Gasteiger partial charge is 0.462 e. The van der Waals surface area contributed by atoms with Gasteiger partial charge in [-0.05, 0) is 38.5 Å². The molecular formula is C51H100NO8P. The second kappa shape index (κ2) is 48.2. The molecule has 0 aromatic heterocycles. The van der Waals surface area contributed by atoms with Crippen molar-refractivity contribution < 1.29 is 37.6 Å². The van der Waals surface area contributed by atoms with Gasteiger partial charge in [0.25, 0.3) is 0 Å². The molecule has 0 spiro atoms. The van der Waals surface area contributed by atoms with Crippen LogP contribution in [0.1, 0.15) is 271 Å². The molecule has 0 amide bonds. The fourth-order valence-corrected chi connectivity index (χ4v) is 8.52. The summed E-state index contributed by atoms with van der Waals surface area (Å²) < 4.78 is 32.9. The van der Waals surface area contributed by atoms with E-state index in [0.29, 0.717) is 6.42 Å². The zero-order valence-electron chi connectivity index (χ0n) is 40.2. The highest BCUT2D eigenvalue weighted by atomic mass is 31.2. The summed E-state index contributed by atoms with van der Waals surface area (Å²) in [6.45, 7) is 3.78. The lowest BCUT2D eigenvalue weighted by atomic mass is 10.0. The number of unbranched alkanes of at least 4 members (excludes halogenated alkanes) is 35. The number of phosphoric acid groups is 1. The van der Waals surface area contributed by atoms with Gasteiger partial charge in [-0.3, -0.25) is 18.6 Å². The van der Waals surface area contributed by atoms with Crippen molar-refractivity contribution in [2.75, 3.05) is 26.4 Å². The highest BCUT2D eigenvalue weighted by Crippen LogP contribution is 2.43. The molecule has 2 atom stereocenters. The van der Waals surface area contributed by atoms with Crippen LogP contribution in [0, 0.1) is 0 Å². The number of ether oxygens (including phenoxy) is 2. The molecule has 0 aliphatic rings. The van der Waals surface area contributed by atoms with Crippen LogP contribution in [0.25, 0.3) is 0 Å². The number of allylic oxidation sites excluding steroid dienone is 2. The first-order chi connectivity index (χ1) is 29.8. The molecule has 0 saturated heterocycles. The molecule has 362 valence electrons. The van der Waals surface area contributed by atoms with Crippen molar-refractivity contribution in [3.63, 3.8) is 0 Å². The molecule has 9 nitrogen and oxygen atoms in total. The van der Waals surface area contributed by atoms with Gasteiger partial charge in [-0.25, -0.2) is 4.57 Å². The molecule has 0 rings (SSSR count). The Morgan fingerprint density at radius 2 is 0.803 bits per heavy atom. The van der Waals surface area contributed by atoms with Crippen molar-refractivity contribution >= 4 is 19.8 Å². The van der Waals surface area contributed by atoms with E-state index in [-0.39, 0.29) is 38.6 Å². The van der Waals surface area contributed by atoms with Gasteiger partial charge in [0.15, 0.2) is 6.10 Å². The first kappa shape index (κ1) is 59.8. The summed E-state index contributed by atoms with van der Waals surface area (Å²) in [4.78, 5) is 35.0. The number of carbonyl (C=O) groups is 2. The highest BCUT2D eigenvalue weighted by Gasteiger charge is 2.26. The maximum Gasteiger partial charge on any atom is 0.472 e. The van der Waals surface area contributed by atoms with Crippen LogP contribution in [0.15, 0.2) is 12.2 Å². The fourth-order valence-electron chi connectivity index (χ4n) is 7.75. The number of phosphoric ester groups is 1. The van der Waals surface area contributed by atoms with Gasteiger partial charge in [-0.2, -0.15) is 0 Å². The minimum Gasteiger partial charge on any atom is -0.462 e. The lowest BCUT2D eigenvalue weighted by Gasteiger charge is -2.19. The van der Waals surface area contributed by atoms with Gasteiger partial charge >= 0.3 is 19.8 Å². The van der Waals surface area contributed by atoms with Crippen LogP contribution in [0.2, 0.25) is 0 Å². The van der Waals surface area contributed by atoms with Crippen LogP contribution < -0.4 is 5.73 Å². The van der Waals surface area contributed by atoms with E-state index in [4.69, 9.17) is 24.3 Å². The Morgan fingerprint density at radius 1 is 0.475 bits per heavy atom. The molecule has 0 saturated carbocycles. The Labute approximate surface area is 377 Å². The number of esters is 2. The largest absolute Gasteiger partial charge is 0.472 e. The van der Waals surface area contributed by atoms with Crippen LogP contribution >= 0.6 is 7.82 Å². The van der Waals surface area contributed by atoms with Crippen LogP contribution in [0.4, 0.5) is 0 Å². The van der Waals surface area contributed by atoms with Crippen molar-refractivity contribution in [1.82, 2.24) is 0 Å². The molecule has 0 fully saturated rings. The zero-order valence-corrected chi connectivity index (χ0v) is 41.1. The van der Waals surface area contributed by atoms with Crippen molar-refractivity contribution in [2.45, 2.75) is 277 Å². The lowest BCUT2D eigenvalue weighted by Crippen LogP contribution is -2.29. The van der Waals surface area contributed by atoms with Gasteiger partial charge < -0.3 is 20.1 Å². The Morgan fingerprint density at radius 3 is 1.16 bits per heavy atom. The van der Waals surface area contributed by atoms with Gasteiger partial charge in [-0.1, -0.05) is 231 Å². The van der Waals surface area contributed by atoms with E-state index in [1.807, 2.05) is 0 Å². The van der Waals surface area contributed by atoms with E-state index >= 15 is 0 Å². The molecule has 0 aromatic rings. The van der Waals surface area contributed by atoms with Crippen LogP contribution in [0.5, 0.6) is 0 Å². The molecule has 61 heavy (non-hydrogen) atoms. The van der Waals surface area contributed by atoms with E-state index in [9.17, 15) is 19.0 Å². The number of carbonyl (C=O) groups excluding carboxylic acids is 2. The number of hydrogen-bond donors (Lipinski definition) is 2. The summed E-state index contributed by atoms with van der Waals surface area (Å²) in [5, 5.41) is 0. The van der Waals surface area contributed by atoms with Crippen molar-refractivity contribution in [3.8, 4) is 0 Å². The summed E-state index contributed by atoms with van der Waals surface area (Å²) in [6.07, 6.45) is 52.5. The van der Waals surface area contributed by atoms with Crippen molar-refractivity contribution in [3.05, 3.63) is 12.2 Å². The predicted molar refractivity (Wildman–Crippen MR) is 257 cm³/mol.